The van der Waals surface area contributed by atoms with Crippen LogP contribution in [0.3, 0.4) is 0 Å². The number of benzene rings is 1. The second-order valence-corrected chi connectivity index (χ2v) is 6.29. The van der Waals surface area contributed by atoms with Crippen molar-refractivity contribution in [2.45, 2.75) is 13.3 Å². The number of hydrogen-bond acceptors (Lipinski definition) is 3. The molecule has 3 N–H and O–H groups in total. The van der Waals surface area contributed by atoms with Gasteiger partial charge >= 0.3 is 0 Å². The van der Waals surface area contributed by atoms with E-state index in [1.165, 1.54) is 16.8 Å². The number of aliphatic hydroxyl groups excluding tert-OH is 1. The largest absolute Gasteiger partial charge is 0.395 e. The zero-order valence-electron chi connectivity index (χ0n) is 12.6. The second-order valence-electron chi connectivity index (χ2n) is 5.51. The predicted octanol–water partition coefficient (Wildman–Crippen LogP) is 3.40. The first-order valence-electron chi connectivity index (χ1n) is 7.30. The van der Waals surface area contributed by atoms with Gasteiger partial charge in [0.15, 0.2) is 0 Å². The maximum atomic E-state index is 9.12. The van der Waals surface area contributed by atoms with Gasteiger partial charge in [-0.05, 0) is 18.6 Å². The van der Waals surface area contributed by atoms with E-state index in [0.717, 1.165) is 29.6 Å². The Bertz CT molecular complexity index is 765. The van der Waals surface area contributed by atoms with Crippen molar-refractivity contribution in [3.8, 4) is 0 Å². The minimum atomic E-state index is 0.0626. The summed E-state index contributed by atoms with van der Waals surface area (Å²) >= 11 is 12.8. The number of halogens is 2. The maximum Gasteiger partial charge on any atom is 0.0836 e. The third-order valence-electron chi connectivity index (χ3n) is 4.12. The van der Waals surface area contributed by atoms with Crippen molar-refractivity contribution in [1.82, 2.24) is 9.88 Å². The van der Waals surface area contributed by atoms with Gasteiger partial charge in [0.25, 0.3) is 0 Å². The molecule has 3 rings (SSSR count). The molecule has 0 fully saturated rings. The number of nitrogens with zero attached hydrogens (tertiary/aromatic N) is 1. The third kappa shape index (κ3) is 2.35. The van der Waals surface area contributed by atoms with Gasteiger partial charge in [0.2, 0.25) is 0 Å². The van der Waals surface area contributed by atoms with Crippen LogP contribution >= 0.6 is 23.2 Å². The van der Waals surface area contributed by atoms with Crippen LogP contribution in [0.5, 0.6) is 0 Å². The van der Waals surface area contributed by atoms with E-state index in [1.54, 1.807) is 0 Å². The molecule has 0 amide bonds. The lowest BCUT2D eigenvalue weighted by Gasteiger charge is -2.11. The molecular weight excluding hydrogens is 321 g/mol. The molecule has 0 saturated heterocycles. The Morgan fingerprint density at radius 2 is 2.18 bits per heavy atom. The number of fused-ring (bicyclic) bond motifs is 3. The minimum absolute atomic E-state index is 0.0626. The summed E-state index contributed by atoms with van der Waals surface area (Å²) in [7, 11) is 2.03. The highest BCUT2D eigenvalue weighted by Gasteiger charge is 2.23. The van der Waals surface area contributed by atoms with Gasteiger partial charge in [-0.1, -0.05) is 23.2 Å². The Morgan fingerprint density at radius 3 is 2.91 bits per heavy atom. The van der Waals surface area contributed by atoms with E-state index >= 15 is 0 Å². The summed E-state index contributed by atoms with van der Waals surface area (Å²) in [6.45, 7) is 3.51. The van der Waals surface area contributed by atoms with E-state index in [-0.39, 0.29) is 6.61 Å². The van der Waals surface area contributed by atoms with E-state index in [9.17, 15) is 0 Å². The van der Waals surface area contributed by atoms with Crippen LogP contribution in [-0.4, -0.2) is 29.4 Å². The maximum absolute atomic E-state index is 9.12. The van der Waals surface area contributed by atoms with Gasteiger partial charge < -0.3 is 20.3 Å². The summed E-state index contributed by atoms with van der Waals surface area (Å²) < 4.78 is 2.13. The van der Waals surface area contributed by atoms with Crippen LogP contribution in [0, 0.1) is 0 Å². The summed E-state index contributed by atoms with van der Waals surface area (Å²) in [4.78, 5) is 0. The molecule has 1 aromatic heterocycles. The first-order valence-corrected chi connectivity index (χ1v) is 8.06. The minimum Gasteiger partial charge on any atom is -0.395 e. The standard InChI is InChI=1S/C16H19Cl2N3O/c1-9-8-19-4-3-12-13(9)14-11(20-5-6-22)7-10(17)15(18)16(14)21(12)2/h7-8,19-20,22H,3-6H2,1-2H3. The van der Waals surface area contributed by atoms with E-state index < -0.39 is 0 Å². The number of nitrogens with one attached hydrogen (secondary N) is 2. The molecule has 0 saturated carbocycles. The molecule has 0 unspecified atom stereocenters. The highest BCUT2D eigenvalue weighted by Crippen LogP contribution is 2.43. The molecule has 22 heavy (non-hydrogen) atoms. The number of hydrogen-bond donors (Lipinski definition) is 3. The molecule has 0 spiro atoms. The van der Waals surface area contributed by atoms with E-state index in [2.05, 4.69) is 22.1 Å². The summed E-state index contributed by atoms with van der Waals surface area (Å²) in [5, 5.41) is 17.8. The van der Waals surface area contributed by atoms with Crippen molar-refractivity contribution in [2.24, 2.45) is 7.05 Å². The number of aliphatic hydroxyl groups is 1. The van der Waals surface area contributed by atoms with Gasteiger partial charge in [0.1, 0.15) is 0 Å². The van der Waals surface area contributed by atoms with Crippen LogP contribution in [0.25, 0.3) is 16.5 Å². The zero-order valence-corrected chi connectivity index (χ0v) is 14.1. The summed E-state index contributed by atoms with van der Waals surface area (Å²) in [6.07, 6.45) is 2.96. The molecule has 4 nitrogen and oxygen atoms in total. The summed E-state index contributed by atoms with van der Waals surface area (Å²) in [6, 6.07) is 1.84. The molecule has 1 aliphatic heterocycles. The van der Waals surface area contributed by atoms with E-state index in [1.807, 2.05) is 19.3 Å². The molecule has 0 atom stereocenters. The Hall–Kier alpha value is -1.36. The van der Waals surface area contributed by atoms with Crippen molar-refractivity contribution >= 4 is 45.4 Å². The van der Waals surface area contributed by atoms with Gasteiger partial charge in [-0.3, -0.25) is 0 Å². The fourth-order valence-corrected chi connectivity index (χ4v) is 3.64. The number of anilines is 1. The van der Waals surface area contributed by atoms with Crippen molar-refractivity contribution in [3.63, 3.8) is 0 Å². The van der Waals surface area contributed by atoms with Gasteiger partial charge in [-0.25, -0.2) is 0 Å². The molecule has 0 aliphatic carbocycles. The second kappa shape index (κ2) is 6.03. The SMILES string of the molecule is CC1=CNCCc2c1c1c(NCCO)cc(Cl)c(Cl)c1n2C. The summed E-state index contributed by atoms with van der Waals surface area (Å²) in [5.41, 5.74) is 5.45. The molecular formula is C16H19Cl2N3O. The van der Waals surface area contributed by atoms with Crippen molar-refractivity contribution < 1.29 is 5.11 Å². The molecule has 118 valence electrons. The average molecular weight is 340 g/mol. The number of rotatable bonds is 3. The van der Waals surface area contributed by atoms with Crippen LogP contribution in [0.2, 0.25) is 10.0 Å². The smallest absolute Gasteiger partial charge is 0.0836 e. The van der Waals surface area contributed by atoms with Gasteiger partial charge in [0.05, 0.1) is 22.2 Å². The van der Waals surface area contributed by atoms with Crippen molar-refractivity contribution in [3.05, 3.63) is 33.6 Å². The Balaban J connectivity index is 2.39. The monoisotopic (exact) mass is 339 g/mol. The number of allylic oxidation sites excluding steroid dienone is 1. The third-order valence-corrected chi connectivity index (χ3v) is 4.90. The highest BCUT2D eigenvalue weighted by atomic mass is 35.5. The van der Waals surface area contributed by atoms with Crippen LogP contribution < -0.4 is 10.6 Å². The molecule has 0 radical (unpaired) electrons. The molecule has 0 bridgehead atoms. The lowest BCUT2D eigenvalue weighted by Crippen LogP contribution is -2.10. The topological polar surface area (TPSA) is 49.2 Å². The fourth-order valence-electron chi connectivity index (χ4n) is 3.16. The van der Waals surface area contributed by atoms with E-state index in [4.69, 9.17) is 28.3 Å². The Labute approximate surface area is 139 Å². The molecule has 6 heteroatoms. The Morgan fingerprint density at radius 1 is 1.41 bits per heavy atom. The molecule has 2 heterocycles. The molecule has 1 aromatic carbocycles. The lowest BCUT2D eigenvalue weighted by molar-refractivity contribution is 0.311. The van der Waals surface area contributed by atoms with Gasteiger partial charge in [-0.15, -0.1) is 0 Å². The van der Waals surface area contributed by atoms with Crippen molar-refractivity contribution in [2.75, 3.05) is 25.0 Å². The van der Waals surface area contributed by atoms with Gasteiger partial charge in [-0.2, -0.15) is 0 Å². The quantitative estimate of drug-likeness (QED) is 0.803. The first kappa shape index (κ1) is 15.5. The highest BCUT2D eigenvalue weighted by molar-refractivity contribution is 6.46. The Kier molecular flexibility index (Phi) is 4.26. The van der Waals surface area contributed by atoms with Gasteiger partial charge in [0, 0.05) is 55.1 Å². The number of aryl methyl sites for hydroxylation is 1. The van der Waals surface area contributed by atoms with Crippen LogP contribution in [0.1, 0.15) is 18.2 Å². The normalized spacial score (nSPS) is 14.3. The molecule has 2 aromatic rings. The average Bonchev–Trinajstić information content (AvgIpc) is 2.65. The van der Waals surface area contributed by atoms with Crippen LogP contribution in [0.4, 0.5) is 5.69 Å². The van der Waals surface area contributed by atoms with Crippen LogP contribution in [0.15, 0.2) is 12.3 Å². The lowest BCUT2D eigenvalue weighted by atomic mass is 10.0. The van der Waals surface area contributed by atoms with Crippen LogP contribution in [-0.2, 0) is 13.5 Å². The predicted molar refractivity (Wildman–Crippen MR) is 93.9 cm³/mol. The van der Waals surface area contributed by atoms with Crippen molar-refractivity contribution in [1.29, 1.82) is 0 Å². The fraction of sp³-hybridized carbons (Fsp3) is 0.375. The zero-order chi connectivity index (χ0) is 15.9. The molecule has 1 aliphatic rings. The summed E-state index contributed by atoms with van der Waals surface area (Å²) in [5.74, 6) is 0. The van der Waals surface area contributed by atoms with E-state index in [0.29, 0.717) is 16.6 Å². The first-order chi connectivity index (χ1) is 10.6. The number of aromatic nitrogens is 1.